The molecule has 0 aliphatic rings. The lowest BCUT2D eigenvalue weighted by molar-refractivity contribution is -0.117. The number of aromatic nitrogens is 2. The zero-order valence-electron chi connectivity index (χ0n) is 17.4. The molecule has 31 heavy (non-hydrogen) atoms. The first-order chi connectivity index (χ1) is 15.0. The second-order valence-corrected chi connectivity index (χ2v) is 7.17. The largest absolute Gasteiger partial charge is 0.493 e. The highest BCUT2D eigenvalue weighted by Crippen LogP contribution is 2.28. The van der Waals surface area contributed by atoms with Gasteiger partial charge in [-0.1, -0.05) is 42.5 Å². The van der Waals surface area contributed by atoms with Gasteiger partial charge in [-0.15, -0.1) is 0 Å². The summed E-state index contributed by atoms with van der Waals surface area (Å²) in [6.07, 6.45) is 8.39. The first-order valence-corrected chi connectivity index (χ1v) is 10.0. The fourth-order valence-corrected chi connectivity index (χ4v) is 3.15. The van der Waals surface area contributed by atoms with E-state index in [-0.39, 0.29) is 5.91 Å². The van der Waals surface area contributed by atoms with E-state index in [1.54, 1.807) is 49.7 Å². The number of amides is 1. The molecule has 3 rings (SSSR count). The number of benzene rings is 2. The van der Waals surface area contributed by atoms with E-state index in [0.29, 0.717) is 23.1 Å². The monoisotopic (exact) mass is 437 g/mol. The van der Waals surface area contributed by atoms with Crippen molar-refractivity contribution < 1.29 is 14.3 Å². The van der Waals surface area contributed by atoms with Crippen molar-refractivity contribution in [3.8, 4) is 11.5 Å². The van der Waals surface area contributed by atoms with Gasteiger partial charge in [0.25, 0.3) is 0 Å². The minimum atomic E-state index is -0.418. The van der Waals surface area contributed by atoms with Crippen LogP contribution >= 0.6 is 11.6 Å². The van der Waals surface area contributed by atoms with Crippen LogP contribution in [0.1, 0.15) is 23.0 Å². The zero-order chi connectivity index (χ0) is 22.2. The zero-order valence-corrected chi connectivity index (χ0v) is 18.2. The Kier molecular flexibility index (Phi) is 7.51. The number of aryl methyl sites for hydroxylation is 1. The molecule has 1 aromatic heterocycles. The van der Waals surface area contributed by atoms with Crippen LogP contribution in [-0.2, 0) is 11.8 Å². The van der Waals surface area contributed by atoms with Gasteiger partial charge in [-0.25, -0.2) is 4.98 Å². The number of carbonyl (C=O) groups is 1. The highest BCUT2D eigenvalue weighted by molar-refractivity contribution is 6.30. The number of nitrogens with one attached hydrogen (secondary N) is 1. The quantitative estimate of drug-likeness (QED) is 0.393. The fourth-order valence-electron chi connectivity index (χ4n) is 3.03. The first kappa shape index (κ1) is 22.2. The molecule has 0 saturated heterocycles. The van der Waals surface area contributed by atoms with Crippen LogP contribution in [0.25, 0.3) is 6.08 Å². The van der Waals surface area contributed by atoms with E-state index < -0.39 is 6.04 Å². The highest BCUT2D eigenvalue weighted by atomic mass is 35.5. The highest BCUT2D eigenvalue weighted by Gasteiger charge is 2.19. The first-order valence-electron chi connectivity index (χ1n) is 9.65. The molecule has 160 valence electrons. The molecule has 1 amide bonds. The summed E-state index contributed by atoms with van der Waals surface area (Å²) in [4.78, 5) is 17.1. The van der Waals surface area contributed by atoms with Crippen LogP contribution in [0, 0.1) is 0 Å². The van der Waals surface area contributed by atoms with Crippen molar-refractivity contribution in [2.45, 2.75) is 6.04 Å². The van der Waals surface area contributed by atoms with Crippen molar-refractivity contribution >= 4 is 23.6 Å². The molecule has 0 bridgehead atoms. The van der Waals surface area contributed by atoms with Crippen molar-refractivity contribution in [3.63, 3.8) is 0 Å². The van der Waals surface area contributed by atoms with Crippen LogP contribution < -0.4 is 14.8 Å². The van der Waals surface area contributed by atoms with Crippen molar-refractivity contribution in [2.24, 2.45) is 7.05 Å². The predicted octanol–water partition coefficient (Wildman–Crippen LogP) is 4.57. The summed E-state index contributed by atoms with van der Waals surface area (Å²) in [5.74, 6) is 1.65. The van der Waals surface area contributed by atoms with Gasteiger partial charge in [-0.3, -0.25) is 4.79 Å². The Morgan fingerprint density at radius 2 is 2.03 bits per heavy atom. The van der Waals surface area contributed by atoms with Gasteiger partial charge < -0.3 is 19.4 Å². The van der Waals surface area contributed by atoms with E-state index in [4.69, 9.17) is 21.1 Å². The topological polar surface area (TPSA) is 65.4 Å². The lowest BCUT2D eigenvalue weighted by Gasteiger charge is -2.18. The molecule has 0 aliphatic carbocycles. The number of ether oxygens (including phenoxy) is 2. The van der Waals surface area contributed by atoms with Gasteiger partial charge >= 0.3 is 0 Å². The molecule has 0 saturated carbocycles. The Morgan fingerprint density at radius 3 is 2.68 bits per heavy atom. The summed E-state index contributed by atoms with van der Waals surface area (Å²) < 4.78 is 12.8. The van der Waals surface area contributed by atoms with E-state index in [0.717, 1.165) is 17.0 Å². The van der Waals surface area contributed by atoms with E-state index >= 15 is 0 Å². The summed E-state index contributed by atoms with van der Waals surface area (Å²) in [5, 5.41) is 3.64. The molecular formula is C24H24ClN3O3. The predicted molar refractivity (Wildman–Crippen MR) is 122 cm³/mol. The fraction of sp³-hybridized carbons (Fsp3) is 0.167. The standard InChI is InChI=1S/C24H24ClN3O3/c1-4-15-31-20-11-5-17(16-21(20)30-3)6-12-22(29)27-23(24-26-13-14-28(24)2)18-7-9-19(25)10-8-18/h4-14,16,23H,1,15H2,2-3H3,(H,27,29)/b12-6+. The molecule has 6 nitrogen and oxygen atoms in total. The molecule has 0 radical (unpaired) electrons. The third-order valence-electron chi connectivity index (χ3n) is 4.58. The number of carbonyl (C=O) groups excluding carboxylic acids is 1. The van der Waals surface area contributed by atoms with Crippen molar-refractivity contribution in [1.82, 2.24) is 14.9 Å². The van der Waals surface area contributed by atoms with Gasteiger partial charge in [0.1, 0.15) is 18.5 Å². The number of nitrogens with zero attached hydrogens (tertiary/aromatic N) is 2. The molecule has 1 heterocycles. The van der Waals surface area contributed by atoms with Gasteiger partial charge in [0.05, 0.1) is 7.11 Å². The summed E-state index contributed by atoms with van der Waals surface area (Å²) in [6.45, 7) is 4.02. The second-order valence-electron chi connectivity index (χ2n) is 6.73. The number of rotatable bonds is 9. The number of hydrogen-bond acceptors (Lipinski definition) is 4. The molecule has 0 aliphatic heterocycles. The van der Waals surface area contributed by atoms with Crippen LogP contribution in [0.5, 0.6) is 11.5 Å². The number of methoxy groups -OCH3 is 1. The van der Waals surface area contributed by atoms with Gasteiger partial charge in [0, 0.05) is 30.5 Å². The molecular weight excluding hydrogens is 414 g/mol. The molecule has 1 atom stereocenters. The van der Waals surface area contributed by atoms with Crippen LogP contribution in [0.4, 0.5) is 0 Å². The molecule has 3 aromatic rings. The summed E-state index contributed by atoms with van der Waals surface area (Å²) in [5.41, 5.74) is 1.68. The summed E-state index contributed by atoms with van der Waals surface area (Å²) in [6, 6.07) is 12.4. The van der Waals surface area contributed by atoms with Crippen molar-refractivity contribution in [1.29, 1.82) is 0 Å². The van der Waals surface area contributed by atoms with Crippen molar-refractivity contribution in [2.75, 3.05) is 13.7 Å². The van der Waals surface area contributed by atoms with Crippen LogP contribution in [0.15, 0.2) is 73.6 Å². The number of halogens is 1. The number of imidazole rings is 1. The second kappa shape index (κ2) is 10.5. The maximum atomic E-state index is 12.7. The maximum absolute atomic E-state index is 12.7. The Labute approximate surface area is 186 Å². The van der Waals surface area contributed by atoms with E-state index in [2.05, 4.69) is 16.9 Å². The molecule has 7 heteroatoms. The average molecular weight is 438 g/mol. The normalized spacial score (nSPS) is 11.8. The molecule has 1 unspecified atom stereocenters. The minimum absolute atomic E-state index is 0.256. The van der Waals surface area contributed by atoms with Crippen LogP contribution in [-0.4, -0.2) is 29.2 Å². The van der Waals surface area contributed by atoms with E-state index in [1.165, 1.54) is 6.08 Å². The van der Waals surface area contributed by atoms with Gasteiger partial charge in [0.15, 0.2) is 11.5 Å². The SMILES string of the molecule is C=CCOc1ccc(/C=C/C(=O)NC(c2ccc(Cl)cc2)c2nccn2C)cc1OC. The molecule has 0 spiro atoms. The Morgan fingerprint density at radius 1 is 1.26 bits per heavy atom. The number of hydrogen-bond donors (Lipinski definition) is 1. The average Bonchev–Trinajstić information content (AvgIpc) is 3.21. The molecule has 0 fully saturated rings. The maximum Gasteiger partial charge on any atom is 0.244 e. The van der Waals surface area contributed by atoms with Crippen LogP contribution in [0.3, 0.4) is 0 Å². The van der Waals surface area contributed by atoms with Gasteiger partial charge in [-0.05, 0) is 41.5 Å². The third kappa shape index (κ3) is 5.77. The summed E-state index contributed by atoms with van der Waals surface area (Å²) in [7, 11) is 3.45. The molecule has 1 N–H and O–H groups in total. The Bertz CT molecular complexity index is 1070. The minimum Gasteiger partial charge on any atom is -0.493 e. The van der Waals surface area contributed by atoms with Crippen LogP contribution in [0.2, 0.25) is 5.02 Å². The Balaban J connectivity index is 1.78. The third-order valence-corrected chi connectivity index (χ3v) is 4.83. The lowest BCUT2D eigenvalue weighted by atomic mass is 10.1. The van der Waals surface area contributed by atoms with E-state index in [9.17, 15) is 4.79 Å². The van der Waals surface area contributed by atoms with Crippen molar-refractivity contribution in [3.05, 3.63) is 95.6 Å². The lowest BCUT2D eigenvalue weighted by Crippen LogP contribution is -2.29. The smallest absolute Gasteiger partial charge is 0.244 e. The summed E-state index contributed by atoms with van der Waals surface area (Å²) >= 11 is 6.02. The van der Waals surface area contributed by atoms with Gasteiger partial charge in [0.2, 0.25) is 5.91 Å². The Hall–Kier alpha value is -3.51. The molecule has 2 aromatic carbocycles. The van der Waals surface area contributed by atoms with Gasteiger partial charge in [-0.2, -0.15) is 0 Å². The van der Waals surface area contributed by atoms with E-state index in [1.807, 2.05) is 36.0 Å².